The molecule has 1 heterocycles. The third-order valence-corrected chi connectivity index (χ3v) is 2.68. The van der Waals surface area contributed by atoms with Gasteiger partial charge < -0.3 is 24.4 Å². The van der Waals surface area contributed by atoms with Gasteiger partial charge in [-0.1, -0.05) is 6.92 Å². The van der Waals surface area contributed by atoms with Crippen LogP contribution in [0.1, 0.15) is 13.3 Å². The van der Waals surface area contributed by atoms with Crippen LogP contribution in [0, 0.1) is 0 Å². The van der Waals surface area contributed by atoms with E-state index in [9.17, 15) is 0 Å². The molecule has 1 N–H and O–H groups in total. The van der Waals surface area contributed by atoms with E-state index in [1.165, 1.54) is 0 Å². The molecular weight excluding hydrogens is 274 g/mol. The lowest BCUT2D eigenvalue weighted by Gasteiger charge is -2.22. The molecule has 0 atom stereocenters. The van der Waals surface area contributed by atoms with Gasteiger partial charge in [-0.25, -0.2) is 0 Å². The zero-order valence-electron chi connectivity index (χ0n) is 13.3. The maximum absolute atomic E-state index is 5.51. The Kier molecular flexibility index (Phi) is 8.37. The van der Waals surface area contributed by atoms with Gasteiger partial charge in [0.25, 0.3) is 0 Å². The van der Waals surface area contributed by atoms with Crippen LogP contribution in [0.5, 0.6) is 6.01 Å². The van der Waals surface area contributed by atoms with Gasteiger partial charge in [-0.15, -0.1) is 0 Å². The van der Waals surface area contributed by atoms with Crippen molar-refractivity contribution in [2.75, 3.05) is 64.4 Å². The molecule has 0 aliphatic heterocycles. The van der Waals surface area contributed by atoms with E-state index < -0.39 is 0 Å². The van der Waals surface area contributed by atoms with E-state index >= 15 is 0 Å². The second-order valence-electron chi connectivity index (χ2n) is 4.31. The average Bonchev–Trinajstić information content (AvgIpc) is 2.52. The molecule has 1 aromatic heterocycles. The fourth-order valence-electron chi connectivity index (χ4n) is 1.57. The third kappa shape index (κ3) is 6.09. The van der Waals surface area contributed by atoms with Crippen molar-refractivity contribution in [3.8, 4) is 6.01 Å². The fraction of sp³-hybridized carbons (Fsp3) is 0.769. The molecule has 0 bridgehead atoms. The van der Waals surface area contributed by atoms with E-state index in [2.05, 4.69) is 20.3 Å². The van der Waals surface area contributed by atoms with Gasteiger partial charge in [0.05, 0.1) is 19.8 Å². The highest BCUT2D eigenvalue weighted by atomic mass is 16.5. The van der Waals surface area contributed by atoms with Crippen LogP contribution in [0.2, 0.25) is 0 Å². The van der Waals surface area contributed by atoms with Crippen molar-refractivity contribution in [3.05, 3.63) is 0 Å². The van der Waals surface area contributed by atoms with Crippen LogP contribution in [0.3, 0.4) is 0 Å². The summed E-state index contributed by atoms with van der Waals surface area (Å²) < 4.78 is 15.8. The van der Waals surface area contributed by atoms with Crippen LogP contribution in [-0.4, -0.2) is 69.1 Å². The summed E-state index contributed by atoms with van der Waals surface area (Å²) in [5.74, 6) is 1.03. The SMILES string of the molecule is CCCOc1nc(NC)nc(N(CCOC)CCOC)n1. The van der Waals surface area contributed by atoms with E-state index in [0.717, 1.165) is 6.42 Å². The Bertz CT molecular complexity index is 397. The van der Waals surface area contributed by atoms with Crippen molar-refractivity contribution in [3.63, 3.8) is 0 Å². The first kappa shape index (κ1) is 17.4. The second kappa shape index (κ2) is 10.1. The molecule has 0 amide bonds. The Morgan fingerprint density at radius 3 is 2.19 bits per heavy atom. The zero-order valence-corrected chi connectivity index (χ0v) is 13.3. The summed E-state index contributed by atoms with van der Waals surface area (Å²) in [4.78, 5) is 14.9. The van der Waals surface area contributed by atoms with Gasteiger partial charge in [-0.05, 0) is 6.42 Å². The molecule has 21 heavy (non-hydrogen) atoms. The number of aromatic nitrogens is 3. The maximum atomic E-state index is 5.51. The van der Waals surface area contributed by atoms with Gasteiger partial charge in [-0.3, -0.25) is 0 Å². The number of ether oxygens (including phenoxy) is 3. The number of hydrogen-bond donors (Lipinski definition) is 1. The van der Waals surface area contributed by atoms with Crippen molar-refractivity contribution < 1.29 is 14.2 Å². The molecule has 0 radical (unpaired) electrons. The van der Waals surface area contributed by atoms with Crippen molar-refractivity contribution >= 4 is 11.9 Å². The number of nitrogens with one attached hydrogen (secondary N) is 1. The summed E-state index contributed by atoms with van der Waals surface area (Å²) in [6, 6.07) is 0.325. The van der Waals surface area contributed by atoms with Crippen molar-refractivity contribution in [1.29, 1.82) is 0 Å². The molecular formula is C13H25N5O3. The second-order valence-corrected chi connectivity index (χ2v) is 4.31. The van der Waals surface area contributed by atoms with Crippen LogP contribution >= 0.6 is 0 Å². The summed E-state index contributed by atoms with van der Waals surface area (Å²) >= 11 is 0. The van der Waals surface area contributed by atoms with Crippen LogP contribution in [0.15, 0.2) is 0 Å². The van der Waals surface area contributed by atoms with Gasteiger partial charge in [0.2, 0.25) is 11.9 Å². The number of anilines is 2. The lowest BCUT2D eigenvalue weighted by molar-refractivity contribution is 0.189. The molecule has 0 aliphatic carbocycles. The van der Waals surface area contributed by atoms with E-state index in [1.807, 2.05) is 11.8 Å². The molecule has 0 unspecified atom stereocenters. The molecule has 8 heteroatoms. The Morgan fingerprint density at radius 2 is 1.67 bits per heavy atom. The number of rotatable bonds is 11. The van der Waals surface area contributed by atoms with Gasteiger partial charge in [0, 0.05) is 34.4 Å². The zero-order chi connectivity index (χ0) is 15.5. The predicted molar refractivity (Wildman–Crippen MR) is 81.1 cm³/mol. The van der Waals surface area contributed by atoms with Gasteiger partial charge in [0.15, 0.2) is 0 Å². The average molecular weight is 299 g/mol. The van der Waals surface area contributed by atoms with E-state index in [0.29, 0.717) is 50.8 Å². The van der Waals surface area contributed by atoms with Gasteiger partial charge in [-0.2, -0.15) is 15.0 Å². The number of nitrogens with zero attached hydrogens (tertiary/aromatic N) is 4. The number of methoxy groups -OCH3 is 2. The smallest absolute Gasteiger partial charge is 0.323 e. The third-order valence-electron chi connectivity index (χ3n) is 2.68. The van der Waals surface area contributed by atoms with Gasteiger partial charge >= 0.3 is 6.01 Å². The van der Waals surface area contributed by atoms with Crippen LogP contribution in [-0.2, 0) is 9.47 Å². The lowest BCUT2D eigenvalue weighted by atomic mass is 10.5. The highest BCUT2D eigenvalue weighted by molar-refractivity contribution is 5.38. The first-order valence-corrected chi connectivity index (χ1v) is 7.04. The van der Waals surface area contributed by atoms with Crippen molar-refractivity contribution in [2.45, 2.75) is 13.3 Å². The Balaban J connectivity index is 2.91. The summed E-state index contributed by atoms with van der Waals surface area (Å²) in [6.45, 7) is 5.10. The Hall–Kier alpha value is -1.67. The predicted octanol–water partition coefficient (Wildman–Crippen LogP) is 0.801. The van der Waals surface area contributed by atoms with Crippen LogP contribution in [0.4, 0.5) is 11.9 Å². The van der Waals surface area contributed by atoms with Crippen molar-refractivity contribution in [2.24, 2.45) is 0 Å². The fourth-order valence-corrected chi connectivity index (χ4v) is 1.57. The molecule has 8 nitrogen and oxygen atoms in total. The molecule has 0 saturated heterocycles. The van der Waals surface area contributed by atoms with E-state index in [-0.39, 0.29) is 0 Å². The molecule has 1 rings (SSSR count). The standard InChI is InChI=1S/C13H25N5O3/c1-5-8-21-13-16-11(14-2)15-12(17-13)18(6-9-19-3)7-10-20-4/h5-10H2,1-4H3,(H,14,15,16,17). The first-order valence-electron chi connectivity index (χ1n) is 7.04. The van der Waals surface area contributed by atoms with E-state index in [1.54, 1.807) is 21.3 Å². The molecule has 0 spiro atoms. The minimum Gasteiger partial charge on any atom is -0.463 e. The van der Waals surface area contributed by atoms with Gasteiger partial charge in [0.1, 0.15) is 0 Å². The number of hydrogen-bond acceptors (Lipinski definition) is 8. The first-order chi connectivity index (χ1) is 10.2. The molecule has 120 valence electrons. The highest BCUT2D eigenvalue weighted by Gasteiger charge is 2.13. The monoisotopic (exact) mass is 299 g/mol. The Labute approximate surface area is 125 Å². The molecule has 1 aromatic rings. The molecule has 0 aliphatic rings. The normalized spacial score (nSPS) is 10.5. The maximum Gasteiger partial charge on any atom is 0.323 e. The van der Waals surface area contributed by atoms with Crippen LogP contribution in [0.25, 0.3) is 0 Å². The summed E-state index contributed by atoms with van der Waals surface area (Å²) in [6.07, 6.45) is 0.896. The largest absolute Gasteiger partial charge is 0.463 e. The highest BCUT2D eigenvalue weighted by Crippen LogP contribution is 2.15. The molecule has 0 aromatic carbocycles. The summed E-state index contributed by atoms with van der Waals surface area (Å²) in [5.41, 5.74) is 0. The minimum absolute atomic E-state index is 0.325. The molecule has 0 fully saturated rings. The summed E-state index contributed by atoms with van der Waals surface area (Å²) in [5, 5.41) is 2.92. The quantitative estimate of drug-likeness (QED) is 0.642. The Morgan fingerprint density at radius 1 is 1.00 bits per heavy atom. The summed E-state index contributed by atoms with van der Waals surface area (Å²) in [7, 11) is 5.09. The lowest BCUT2D eigenvalue weighted by Crippen LogP contribution is -2.32. The van der Waals surface area contributed by atoms with E-state index in [4.69, 9.17) is 14.2 Å². The minimum atomic E-state index is 0.325. The molecule has 0 saturated carbocycles. The van der Waals surface area contributed by atoms with Crippen molar-refractivity contribution in [1.82, 2.24) is 15.0 Å². The topological polar surface area (TPSA) is 81.6 Å². The van der Waals surface area contributed by atoms with Crippen LogP contribution < -0.4 is 15.0 Å².